The summed E-state index contributed by atoms with van der Waals surface area (Å²) in [4.78, 5) is 15.3. The zero-order valence-electron chi connectivity index (χ0n) is 10.8. The number of esters is 1. The summed E-state index contributed by atoms with van der Waals surface area (Å²) in [5, 5.41) is 3.34. The molecule has 0 unspecified atom stereocenters. The van der Waals surface area contributed by atoms with Gasteiger partial charge in [-0.25, -0.2) is 9.78 Å². The third-order valence-electron chi connectivity index (χ3n) is 3.51. The van der Waals surface area contributed by atoms with Crippen LogP contribution in [0.25, 0.3) is 0 Å². The second-order valence-electron chi connectivity index (χ2n) is 4.79. The van der Waals surface area contributed by atoms with Crippen LogP contribution in [0.15, 0.2) is 18.3 Å². The molecule has 18 heavy (non-hydrogen) atoms. The van der Waals surface area contributed by atoms with Crippen molar-refractivity contribution in [3.63, 3.8) is 0 Å². The summed E-state index contributed by atoms with van der Waals surface area (Å²) < 4.78 is 4.65. The summed E-state index contributed by atoms with van der Waals surface area (Å²) in [6.07, 6.45) is 8.33. The molecule has 1 N–H and O–H groups in total. The quantitative estimate of drug-likeness (QED) is 0.814. The molecular weight excluding hydrogens is 228 g/mol. The number of carbonyl (C=O) groups excluding carboxylic acids is 1. The lowest BCUT2D eigenvalue weighted by Crippen LogP contribution is -2.09. The van der Waals surface area contributed by atoms with E-state index < -0.39 is 5.97 Å². The number of pyridine rings is 1. The Balaban J connectivity index is 1.83. The number of hydrogen-bond acceptors (Lipinski definition) is 4. The third kappa shape index (κ3) is 3.45. The number of aromatic nitrogens is 1. The summed E-state index contributed by atoms with van der Waals surface area (Å²) in [6.45, 7) is 0.954. The molecule has 1 aliphatic rings. The maximum atomic E-state index is 11.3. The predicted octanol–water partition coefficient (Wildman–Crippen LogP) is 2.86. The van der Waals surface area contributed by atoms with Crippen molar-refractivity contribution in [1.29, 1.82) is 0 Å². The van der Waals surface area contributed by atoms with Crippen molar-refractivity contribution in [2.24, 2.45) is 5.92 Å². The van der Waals surface area contributed by atoms with Crippen LogP contribution in [-0.4, -0.2) is 24.6 Å². The molecule has 1 aromatic rings. The Kier molecular flexibility index (Phi) is 4.56. The standard InChI is InChI=1S/C14H20N2O2/c1-18-14(17)13-10-12(7-9-16-13)15-8-6-11-4-2-3-5-11/h7,9-11H,2-6,8H2,1H3,(H,15,16). The average Bonchev–Trinajstić information content (AvgIpc) is 2.91. The van der Waals surface area contributed by atoms with Gasteiger partial charge in [0, 0.05) is 18.4 Å². The monoisotopic (exact) mass is 248 g/mol. The van der Waals surface area contributed by atoms with Gasteiger partial charge < -0.3 is 10.1 Å². The number of nitrogens with one attached hydrogen (secondary N) is 1. The zero-order valence-corrected chi connectivity index (χ0v) is 10.8. The lowest BCUT2D eigenvalue weighted by molar-refractivity contribution is 0.0594. The Labute approximate surface area is 108 Å². The molecule has 0 aliphatic heterocycles. The molecule has 1 aliphatic carbocycles. The van der Waals surface area contributed by atoms with Gasteiger partial charge in [-0.15, -0.1) is 0 Å². The van der Waals surface area contributed by atoms with Crippen LogP contribution in [0.5, 0.6) is 0 Å². The molecule has 1 saturated carbocycles. The fourth-order valence-corrected chi connectivity index (χ4v) is 2.48. The number of ether oxygens (including phenoxy) is 1. The molecule has 0 radical (unpaired) electrons. The van der Waals surface area contributed by atoms with Gasteiger partial charge in [0.1, 0.15) is 5.69 Å². The van der Waals surface area contributed by atoms with Gasteiger partial charge in [-0.1, -0.05) is 25.7 Å². The lowest BCUT2D eigenvalue weighted by Gasteiger charge is -2.11. The van der Waals surface area contributed by atoms with E-state index in [9.17, 15) is 4.79 Å². The van der Waals surface area contributed by atoms with Crippen molar-refractivity contribution in [2.45, 2.75) is 32.1 Å². The van der Waals surface area contributed by atoms with Crippen molar-refractivity contribution in [3.8, 4) is 0 Å². The van der Waals surface area contributed by atoms with Crippen LogP contribution in [-0.2, 0) is 4.74 Å². The first-order valence-corrected chi connectivity index (χ1v) is 6.58. The number of hydrogen-bond donors (Lipinski definition) is 1. The van der Waals surface area contributed by atoms with E-state index in [1.165, 1.54) is 39.2 Å². The first-order chi connectivity index (χ1) is 8.79. The van der Waals surface area contributed by atoms with E-state index in [4.69, 9.17) is 0 Å². The molecule has 0 aromatic carbocycles. The molecule has 0 saturated heterocycles. The molecular formula is C14H20N2O2. The Morgan fingerprint density at radius 2 is 2.28 bits per heavy atom. The zero-order chi connectivity index (χ0) is 12.8. The van der Waals surface area contributed by atoms with Gasteiger partial charge in [0.2, 0.25) is 0 Å². The summed E-state index contributed by atoms with van der Waals surface area (Å²) >= 11 is 0. The van der Waals surface area contributed by atoms with Crippen LogP contribution in [0.2, 0.25) is 0 Å². The average molecular weight is 248 g/mol. The van der Waals surface area contributed by atoms with E-state index in [1.54, 1.807) is 12.3 Å². The highest BCUT2D eigenvalue weighted by atomic mass is 16.5. The van der Waals surface area contributed by atoms with Crippen LogP contribution < -0.4 is 5.32 Å². The molecule has 98 valence electrons. The van der Waals surface area contributed by atoms with E-state index in [1.807, 2.05) is 6.07 Å². The Morgan fingerprint density at radius 3 is 3.00 bits per heavy atom. The topological polar surface area (TPSA) is 51.2 Å². The normalized spacial score (nSPS) is 15.6. The Hall–Kier alpha value is -1.58. The number of rotatable bonds is 5. The molecule has 0 spiro atoms. The maximum absolute atomic E-state index is 11.3. The summed E-state index contributed by atoms with van der Waals surface area (Å²) in [7, 11) is 1.37. The van der Waals surface area contributed by atoms with E-state index in [2.05, 4.69) is 15.0 Å². The fraction of sp³-hybridized carbons (Fsp3) is 0.571. The second-order valence-corrected chi connectivity index (χ2v) is 4.79. The molecule has 0 atom stereocenters. The Morgan fingerprint density at radius 1 is 1.50 bits per heavy atom. The molecule has 1 heterocycles. The van der Waals surface area contributed by atoms with Crippen LogP contribution in [0, 0.1) is 5.92 Å². The summed E-state index contributed by atoms with van der Waals surface area (Å²) in [5.74, 6) is 0.480. The van der Waals surface area contributed by atoms with Crippen LogP contribution in [0.1, 0.15) is 42.6 Å². The van der Waals surface area contributed by atoms with Gasteiger partial charge in [0.05, 0.1) is 7.11 Å². The van der Waals surface area contributed by atoms with E-state index >= 15 is 0 Å². The lowest BCUT2D eigenvalue weighted by atomic mass is 10.0. The molecule has 1 aromatic heterocycles. The number of nitrogens with zero attached hydrogens (tertiary/aromatic N) is 1. The minimum Gasteiger partial charge on any atom is -0.464 e. The van der Waals surface area contributed by atoms with Gasteiger partial charge in [-0.05, 0) is 24.5 Å². The molecule has 0 bridgehead atoms. The van der Waals surface area contributed by atoms with Crippen molar-refractivity contribution in [3.05, 3.63) is 24.0 Å². The highest BCUT2D eigenvalue weighted by Gasteiger charge is 2.14. The minimum absolute atomic E-state index is 0.350. The second kappa shape index (κ2) is 6.38. The number of anilines is 1. The van der Waals surface area contributed by atoms with Gasteiger partial charge in [-0.3, -0.25) is 0 Å². The summed E-state index contributed by atoms with van der Waals surface area (Å²) in [6, 6.07) is 3.61. The van der Waals surface area contributed by atoms with Crippen molar-refractivity contribution < 1.29 is 9.53 Å². The van der Waals surface area contributed by atoms with Gasteiger partial charge in [0.25, 0.3) is 0 Å². The van der Waals surface area contributed by atoms with Gasteiger partial charge >= 0.3 is 5.97 Å². The highest BCUT2D eigenvalue weighted by molar-refractivity contribution is 5.88. The van der Waals surface area contributed by atoms with Gasteiger partial charge in [0.15, 0.2) is 0 Å². The predicted molar refractivity (Wildman–Crippen MR) is 70.6 cm³/mol. The van der Waals surface area contributed by atoms with Gasteiger partial charge in [-0.2, -0.15) is 0 Å². The smallest absolute Gasteiger partial charge is 0.356 e. The van der Waals surface area contributed by atoms with E-state index in [-0.39, 0.29) is 0 Å². The minimum atomic E-state index is -0.394. The number of carbonyl (C=O) groups is 1. The summed E-state index contributed by atoms with van der Waals surface area (Å²) in [5.41, 5.74) is 1.28. The van der Waals surface area contributed by atoms with E-state index in [0.29, 0.717) is 5.69 Å². The molecule has 4 nitrogen and oxygen atoms in total. The molecule has 1 fully saturated rings. The fourth-order valence-electron chi connectivity index (χ4n) is 2.48. The van der Waals surface area contributed by atoms with Crippen molar-refractivity contribution in [2.75, 3.05) is 19.0 Å². The third-order valence-corrected chi connectivity index (χ3v) is 3.51. The maximum Gasteiger partial charge on any atom is 0.356 e. The van der Waals surface area contributed by atoms with Crippen molar-refractivity contribution >= 4 is 11.7 Å². The Bertz CT molecular complexity index is 401. The first kappa shape index (κ1) is 12.9. The highest BCUT2D eigenvalue weighted by Crippen LogP contribution is 2.27. The molecule has 0 amide bonds. The van der Waals surface area contributed by atoms with Crippen LogP contribution in [0.3, 0.4) is 0 Å². The number of methoxy groups -OCH3 is 1. The van der Waals surface area contributed by atoms with E-state index in [0.717, 1.165) is 18.2 Å². The van der Waals surface area contributed by atoms with Crippen molar-refractivity contribution in [1.82, 2.24) is 4.98 Å². The molecule has 2 rings (SSSR count). The largest absolute Gasteiger partial charge is 0.464 e. The molecule has 4 heteroatoms. The SMILES string of the molecule is COC(=O)c1cc(NCCC2CCCC2)ccn1. The van der Waals surface area contributed by atoms with Crippen LogP contribution in [0.4, 0.5) is 5.69 Å². The first-order valence-electron chi connectivity index (χ1n) is 6.58. The van der Waals surface area contributed by atoms with Crippen LogP contribution >= 0.6 is 0 Å².